The Labute approximate surface area is 112 Å². The van der Waals surface area contributed by atoms with E-state index in [2.05, 4.69) is 19.2 Å². The lowest BCUT2D eigenvalue weighted by molar-refractivity contribution is -0.131. The van der Waals surface area contributed by atoms with Crippen LogP contribution in [-0.4, -0.2) is 31.7 Å². The lowest BCUT2D eigenvalue weighted by atomic mass is 9.78. The molecule has 0 radical (unpaired) electrons. The van der Waals surface area contributed by atoms with Crippen LogP contribution in [0.1, 0.15) is 53.4 Å². The van der Waals surface area contributed by atoms with Gasteiger partial charge >= 0.3 is 0 Å². The molecule has 0 aliphatic heterocycles. The summed E-state index contributed by atoms with van der Waals surface area (Å²) in [5.41, 5.74) is 5.45. The van der Waals surface area contributed by atoms with E-state index < -0.39 is 0 Å². The molecule has 0 rings (SSSR count). The summed E-state index contributed by atoms with van der Waals surface area (Å²) in [6, 6.07) is 0. The molecule has 0 atom stereocenters. The SMILES string of the molecule is CCCC(CN)(CCC)C(=O)NCCOC(C)C. The van der Waals surface area contributed by atoms with E-state index >= 15 is 0 Å². The second-order valence-electron chi connectivity index (χ2n) is 5.16. The van der Waals surface area contributed by atoms with Crippen molar-refractivity contribution < 1.29 is 9.53 Å². The predicted molar refractivity (Wildman–Crippen MR) is 75.4 cm³/mol. The Hall–Kier alpha value is -0.610. The van der Waals surface area contributed by atoms with Crippen molar-refractivity contribution in [1.29, 1.82) is 0 Å². The average Bonchev–Trinajstić information content (AvgIpc) is 2.33. The van der Waals surface area contributed by atoms with Gasteiger partial charge in [-0.3, -0.25) is 4.79 Å². The molecule has 4 heteroatoms. The number of hydrogen-bond donors (Lipinski definition) is 2. The van der Waals surface area contributed by atoms with Crippen LogP contribution in [0.25, 0.3) is 0 Å². The Morgan fingerprint density at radius 1 is 1.28 bits per heavy atom. The molecular weight excluding hydrogens is 228 g/mol. The molecule has 0 saturated carbocycles. The lowest BCUT2D eigenvalue weighted by Gasteiger charge is -2.30. The summed E-state index contributed by atoms with van der Waals surface area (Å²) in [5.74, 6) is 0.0843. The number of hydrogen-bond acceptors (Lipinski definition) is 3. The van der Waals surface area contributed by atoms with Crippen LogP contribution < -0.4 is 11.1 Å². The second kappa shape index (κ2) is 9.34. The Balaban J connectivity index is 4.28. The number of nitrogens with two attached hydrogens (primary N) is 1. The van der Waals surface area contributed by atoms with Gasteiger partial charge in [0.15, 0.2) is 0 Å². The molecule has 3 N–H and O–H groups in total. The summed E-state index contributed by atoms with van der Waals surface area (Å²) in [4.78, 5) is 12.3. The molecule has 0 heterocycles. The van der Waals surface area contributed by atoms with Gasteiger partial charge in [-0.15, -0.1) is 0 Å². The third kappa shape index (κ3) is 5.83. The van der Waals surface area contributed by atoms with Gasteiger partial charge in [-0.1, -0.05) is 26.7 Å². The summed E-state index contributed by atoms with van der Waals surface area (Å²) >= 11 is 0. The molecular formula is C14H30N2O2. The standard InChI is InChI=1S/C14H30N2O2/c1-5-7-14(11-15,8-6-2)13(17)16-9-10-18-12(3)4/h12H,5-11,15H2,1-4H3,(H,16,17). The molecule has 0 unspecified atom stereocenters. The van der Waals surface area contributed by atoms with Gasteiger partial charge in [0.25, 0.3) is 0 Å². The first-order valence-corrected chi connectivity index (χ1v) is 7.12. The third-order valence-electron chi connectivity index (χ3n) is 3.17. The fourth-order valence-corrected chi connectivity index (χ4v) is 2.25. The summed E-state index contributed by atoms with van der Waals surface area (Å²) in [6.07, 6.45) is 3.87. The zero-order valence-electron chi connectivity index (χ0n) is 12.4. The number of carbonyl (C=O) groups excluding carboxylic acids is 1. The van der Waals surface area contributed by atoms with Crippen molar-refractivity contribution in [1.82, 2.24) is 5.32 Å². The van der Waals surface area contributed by atoms with Gasteiger partial charge in [0.2, 0.25) is 5.91 Å². The molecule has 0 aliphatic rings. The fraction of sp³-hybridized carbons (Fsp3) is 0.929. The summed E-state index contributed by atoms with van der Waals surface area (Å²) in [7, 11) is 0. The van der Waals surface area contributed by atoms with Gasteiger partial charge in [0.1, 0.15) is 0 Å². The topological polar surface area (TPSA) is 64.4 Å². The second-order valence-corrected chi connectivity index (χ2v) is 5.16. The molecule has 1 amide bonds. The Morgan fingerprint density at radius 2 is 1.83 bits per heavy atom. The minimum atomic E-state index is -0.388. The van der Waals surface area contributed by atoms with E-state index in [0.29, 0.717) is 19.7 Å². The molecule has 108 valence electrons. The molecule has 0 saturated heterocycles. The van der Waals surface area contributed by atoms with Crippen LogP contribution in [0.4, 0.5) is 0 Å². The largest absolute Gasteiger partial charge is 0.377 e. The van der Waals surface area contributed by atoms with Gasteiger partial charge in [-0.2, -0.15) is 0 Å². The van der Waals surface area contributed by atoms with Gasteiger partial charge < -0.3 is 15.8 Å². The van der Waals surface area contributed by atoms with E-state index in [-0.39, 0.29) is 17.4 Å². The average molecular weight is 258 g/mol. The van der Waals surface area contributed by atoms with Crippen LogP contribution >= 0.6 is 0 Å². The molecule has 0 fully saturated rings. The number of rotatable bonds is 10. The van der Waals surface area contributed by atoms with Crippen LogP contribution in [-0.2, 0) is 9.53 Å². The highest BCUT2D eigenvalue weighted by molar-refractivity contribution is 5.82. The first kappa shape index (κ1) is 17.4. The van der Waals surface area contributed by atoms with E-state index in [9.17, 15) is 4.79 Å². The summed E-state index contributed by atoms with van der Waals surface area (Å²) in [6.45, 7) is 9.70. The van der Waals surface area contributed by atoms with E-state index in [1.54, 1.807) is 0 Å². The Kier molecular flexibility index (Phi) is 9.02. The molecule has 0 aromatic rings. The van der Waals surface area contributed by atoms with Gasteiger partial charge in [-0.25, -0.2) is 0 Å². The van der Waals surface area contributed by atoms with Crippen molar-refractivity contribution in [2.24, 2.45) is 11.1 Å². The monoisotopic (exact) mass is 258 g/mol. The minimum absolute atomic E-state index is 0.0843. The third-order valence-corrected chi connectivity index (χ3v) is 3.17. The molecule has 0 spiro atoms. The Morgan fingerprint density at radius 3 is 2.22 bits per heavy atom. The van der Waals surface area contributed by atoms with Crippen LogP contribution in [0, 0.1) is 5.41 Å². The highest BCUT2D eigenvalue weighted by Gasteiger charge is 2.34. The molecule has 0 aliphatic carbocycles. The van der Waals surface area contributed by atoms with Gasteiger partial charge in [-0.05, 0) is 26.7 Å². The van der Waals surface area contributed by atoms with E-state index in [4.69, 9.17) is 10.5 Å². The van der Waals surface area contributed by atoms with E-state index in [1.807, 2.05) is 13.8 Å². The first-order chi connectivity index (χ1) is 8.52. The van der Waals surface area contributed by atoms with Crippen molar-refractivity contribution in [3.63, 3.8) is 0 Å². The maximum absolute atomic E-state index is 12.3. The van der Waals surface area contributed by atoms with Crippen molar-refractivity contribution in [2.45, 2.75) is 59.5 Å². The summed E-state index contributed by atoms with van der Waals surface area (Å²) < 4.78 is 5.41. The molecule has 4 nitrogen and oxygen atoms in total. The van der Waals surface area contributed by atoms with Crippen LogP contribution in [0.5, 0.6) is 0 Å². The summed E-state index contributed by atoms with van der Waals surface area (Å²) in [5, 5.41) is 2.96. The zero-order valence-corrected chi connectivity index (χ0v) is 12.4. The Bertz CT molecular complexity index is 224. The smallest absolute Gasteiger partial charge is 0.227 e. The number of ether oxygens (including phenoxy) is 1. The predicted octanol–water partition coefficient (Wildman–Crippen LogP) is 2.07. The minimum Gasteiger partial charge on any atom is -0.377 e. The highest BCUT2D eigenvalue weighted by Crippen LogP contribution is 2.28. The molecule has 0 bridgehead atoms. The fourth-order valence-electron chi connectivity index (χ4n) is 2.25. The first-order valence-electron chi connectivity index (χ1n) is 7.12. The van der Waals surface area contributed by atoms with E-state index in [0.717, 1.165) is 25.7 Å². The maximum Gasteiger partial charge on any atom is 0.227 e. The maximum atomic E-state index is 12.3. The zero-order chi connectivity index (χ0) is 14.0. The number of carbonyl (C=O) groups is 1. The lowest BCUT2D eigenvalue weighted by Crippen LogP contribution is -2.46. The molecule has 0 aromatic carbocycles. The van der Waals surface area contributed by atoms with Crippen LogP contribution in [0.3, 0.4) is 0 Å². The highest BCUT2D eigenvalue weighted by atomic mass is 16.5. The van der Waals surface area contributed by atoms with Crippen molar-refractivity contribution in [3.8, 4) is 0 Å². The quantitative estimate of drug-likeness (QED) is 0.590. The number of nitrogens with one attached hydrogen (secondary N) is 1. The van der Waals surface area contributed by atoms with Crippen molar-refractivity contribution in [3.05, 3.63) is 0 Å². The van der Waals surface area contributed by atoms with Crippen molar-refractivity contribution in [2.75, 3.05) is 19.7 Å². The van der Waals surface area contributed by atoms with Gasteiger partial charge in [0, 0.05) is 13.1 Å². The molecule has 0 aromatic heterocycles. The molecule has 18 heavy (non-hydrogen) atoms. The normalized spacial score (nSPS) is 11.9. The van der Waals surface area contributed by atoms with Crippen molar-refractivity contribution >= 4 is 5.91 Å². The van der Waals surface area contributed by atoms with Gasteiger partial charge in [0.05, 0.1) is 18.1 Å². The number of amides is 1. The van der Waals surface area contributed by atoms with Crippen LogP contribution in [0.2, 0.25) is 0 Å². The van der Waals surface area contributed by atoms with Crippen LogP contribution in [0.15, 0.2) is 0 Å². The van der Waals surface area contributed by atoms with E-state index in [1.165, 1.54) is 0 Å².